The average Bonchev–Trinajstić information content (AvgIpc) is 2.75. The number of carbonyl (C=O) groups is 2. The Hall–Kier alpha value is -2.62. The Bertz CT molecular complexity index is 741. The highest BCUT2D eigenvalue weighted by molar-refractivity contribution is 5.87. The first-order chi connectivity index (χ1) is 13.6. The van der Waals surface area contributed by atoms with E-state index in [1.165, 1.54) is 11.1 Å². The molecule has 2 rings (SSSR count). The number of nitrogens with one attached hydrogen (secondary N) is 1. The predicted molar refractivity (Wildman–Crippen MR) is 114 cm³/mol. The van der Waals surface area contributed by atoms with Crippen LogP contribution in [0.3, 0.4) is 0 Å². The molecule has 0 aromatic heterocycles. The predicted octanol–water partition coefficient (Wildman–Crippen LogP) is 3.78. The highest BCUT2D eigenvalue weighted by atomic mass is 16.2. The molecule has 150 valence electrons. The second-order valence-electron chi connectivity index (χ2n) is 7.03. The Kier molecular flexibility index (Phi) is 8.73. The molecule has 4 nitrogen and oxygen atoms in total. The van der Waals surface area contributed by atoms with Crippen LogP contribution in [0.25, 0.3) is 0 Å². The minimum atomic E-state index is -0.427. The third kappa shape index (κ3) is 6.22. The molecule has 0 aliphatic rings. The van der Waals surface area contributed by atoms with Crippen molar-refractivity contribution < 1.29 is 9.59 Å². The van der Waals surface area contributed by atoms with Gasteiger partial charge in [-0.25, -0.2) is 0 Å². The van der Waals surface area contributed by atoms with Crippen molar-refractivity contribution in [1.29, 1.82) is 0 Å². The molecule has 0 bridgehead atoms. The number of likely N-dealkylation sites (N-methyl/N-ethyl adjacent to an activating group) is 1. The standard InChI is InChI=1S/C24H32N2O2/c1-4-19-11-13-21(14-12-19)15-16-23(27)26(22(5-2)24(28)25-3)18-17-20-9-7-6-8-10-20/h6-14,22H,4-5,15-18H2,1-3H3,(H,25,28)/t22-/m1/s1. The van der Waals surface area contributed by atoms with Crippen molar-refractivity contribution in [1.82, 2.24) is 10.2 Å². The highest BCUT2D eigenvalue weighted by Gasteiger charge is 2.27. The van der Waals surface area contributed by atoms with E-state index >= 15 is 0 Å². The Labute approximate surface area is 169 Å². The first-order valence-corrected chi connectivity index (χ1v) is 10.2. The molecule has 0 radical (unpaired) electrons. The minimum absolute atomic E-state index is 0.0333. The van der Waals surface area contributed by atoms with Crippen LogP contribution in [-0.2, 0) is 28.9 Å². The Morgan fingerprint density at radius 1 is 0.893 bits per heavy atom. The number of nitrogens with zero attached hydrogens (tertiary/aromatic N) is 1. The van der Waals surface area contributed by atoms with Gasteiger partial charge in [0, 0.05) is 20.0 Å². The van der Waals surface area contributed by atoms with Gasteiger partial charge >= 0.3 is 0 Å². The third-order valence-corrected chi connectivity index (χ3v) is 5.18. The first kappa shape index (κ1) is 21.7. The molecule has 2 aromatic rings. The van der Waals surface area contributed by atoms with E-state index in [0.717, 1.165) is 18.4 Å². The molecule has 0 aliphatic carbocycles. The van der Waals surface area contributed by atoms with Crippen LogP contribution in [0.4, 0.5) is 0 Å². The van der Waals surface area contributed by atoms with Gasteiger partial charge in [0.05, 0.1) is 0 Å². The van der Waals surface area contributed by atoms with E-state index in [9.17, 15) is 9.59 Å². The van der Waals surface area contributed by atoms with Crippen molar-refractivity contribution in [3.8, 4) is 0 Å². The van der Waals surface area contributed by atoms with Gasteiger partial charge in [-0.3, -0.25) is 9.59 Å². The van der Waals surface area contributed by atoms with Gasteiger partial charge in [-0.05, 0) is 42.4 Å². The zero-order valence-electron chi connectivity index (χ0n) is 17.3. The molecule has 1 N–H and O–H groups in total. The van der Waals surface area contributed by atoms with Gasteiger partial charge in [0.2, 0.25) is 11.8 Å². The van der Waals surface area contributed by atoms with E-state index in [1.807, 2.05) is 25.1 Å². The summed E-state index contributed by atoms with van der Waals surface area (Å²) in [4.78, 5) is 27.1. The molecule has 2 aromatic carbocycles. The molecule has 0 saturated carbocycles. The van der Waals surface area contributed by atoms with Gasteiger partial charge in [-0.1, -0.05) is 68.4 Å². The first-order valence-electron chi connectivity index (χ1n) is 10.2. The number of hydrogen-bond acceptors (Lipinski definition) is 2. The summed E-state index contributed by atoms with van der Waals surface area (Å²) in [6.07, 6.45) is 3.45. The fourth-order valence-corrected chi connectivity index (χ4v) is 3.40. The van der Waals surface area contributed by atoms with Gasteiger partial charge in [0.25, 0.3) is 0 Å². The Morgan fingerprint density at radius 3 is 2.07 bits per heavy atom. The largest absolute Gasteiger partial charge is 0.357 e. The molecule has 2 amide bonds. The zero-order chi connectivity index (χ0) is 20.4. The summed E-state index contributed by atoms with van der Waals surface area (Å²) in [6.45, 7) is 4.63. The molecule has 0 saturated heterocycles. The fraction of sp³-hybridized carbons (Fsp3) is 0.417. The van der Waals surface area contributed by atoms with Gasteiger partial charge in [-0.2, -0.15) is 0 Å². The number of carbonyl (C=O) groups excluding carboxylic acids is 2. The van der Waals surface area contributed by atoms with Crippen LogP contribution in [0.15, 0.2) is 54.6 Å². The fourth-order valence-electron chi connectivity index (χ4n) is 3.40. The normalized spacial score (nSPS) is 11.7. The molecule has 0 aliphatic heterocycles. The lowest BCUT2D eigenvalue weighted by Crippen LogP contribution is -2.49. The summed E-state index contributed by atoms with van der Waals surface area (Å²) in [5, 5.41) is 2.70. The molecular formula is C24H32N2O2. The number of rotatable bonds is 10. The van der Waals surface area contributed by atoms with Crippen LogP contribution in [0, 0.1) is 0 Å². The van der Waals surface area contributed by atoms with Crippen LogP contribution in [0.5, 0.6) is 0 Å². The van der Waals surface area contributed by atoms with Crippen molar-refractivity contribution in [3.63, 3.8) is 0 Å². The van der Waals surface area contributed by atoms with E-state index in [2.05, 4.69) is 48.6 Å². The summed E-state index contributed by atoms with van der Waals surface area (Å²) in [5.74, 6) is -0.0674. The van der Waals surface area contributed by atoms with Crippen LogP contribution < -0.4 is 5.32 Å². The van der Waals surface area contributed by atoms with E-state index in [-0.39, 0.29) is 11.8 Å². The highest BCUT2D eigenvalue weighted by Crippen LogP contribution is 2.13. The monoisotopic (exact) mass is 380 g/mol. The molecule has 0 fully saturated rings. The lowest BCUT2D eigenvalue weighted by atomic mass is 10.0. The molecule has 0 unspecified atom stereocenters. The maximum atomic E-state index is 13.0. The molecule has 0 heterocycles. The number of hydrogen-bond donors (Lipinski definition) is 1. The SMILES string of the molecule is CCc1ccc(CCC(=O)N(CCc2ccccc2)[C@H](CC)C(=O)NC)cc1. The Morgan fingerprint density at radius 2 is 1.50 bits per heavy atom. The minimum Gasteiger partial charge on any atom is -0.357 e. The maximum absolute atomic E-state index is 13.0. The molecule has 0 spiro atoms. The smallest absolute Gasteiger partial charge is 0.242 e. The van der Waals surface area contributed by atoms with Gasteiger partial charge < -0.3 is 10.2 Å². The molecule has 28 heavy (non-hydrogen) atoms. The summed E-state index contributed by atoms with van der Waals surface area (Å²) in [7, 11) is 1.63. The second kappa shape index (κ2) is 11.3. The average molecular weight is 381 g/mol. The molecule has 1 atom stereocenters. The van der Waals surface area contributed by atoms with Crippen LogP contribution in [0.1, 0.15) is 43.4 Å². The van der Waals surface area contributed by atoms with Crippen molar-refractivity contribution in [2.45, 2.75) is 52.0 Å². The second-order valence-corrected chi connectivity index (χ2v) is 7.03. The third-order valence-electron chi connectivity index (χ3n) is 5.18. The van der Waals surface area contributed by atoms with E-state index in [1.54, 1.807) is 11.9 Å². The van der Waals surface area contributed by atoms with Crippen LogP contribution >= 0.6 is 0 Å². The summed E-state index contributed by atoms with van der Waals surface area (Å²) < 4.78 is 0. The molecule has 4 heteroatoms. The number of aryl methyl sites for hydroxylation is 2. The van der Waals surface area contributed by atoms with E-state index in [4.69, 9.17) is 0 Å². The van der Waals surface area contributed by atoms with Crippen molar-refractivity contribution in [3.05, 3.63) is 71.3 Å². The summed E-state index contributed by atoms with van der Waals surface area (Å²) in [6, 6.07) is 18.1. The zero-order valence-corrected chi connectivity index (χ0v) is 17.3. The quantitative estimate of drug-likeness (QED) is 0.682. The van der Waals surface area contributed by atoms with Gasteiger partial charge in [-0.15, -0.1) is 0 Å². The molecular weight excluding hydrogens is 348 g/mol. The van der Waals surface area contributed by atoms with Crippen LogP contribution in [0.2, 0.25) is 0 Å². The van der Waals surface area contributed by atoms with Gasteiger partial charge in [0.15, 0.2) is 0 Å². The topological polar surface area (TPSA) is 49.4 Å². The lowest BCUT2D eigenvalue weighted by Gasteiger charge is -2.30. The van der Waals surface area contributed by atoms with Gasteiger partial charge in [0.1, 0.15) is 6.04 Å². The Balaban J connectivity index is 2.06. The van der Waals surface area contributed by atoms with E-state index < -0.39 is 6.04 Å². The summed E-state index contributed by atoms with van der Waals surface area (Å²) in [5.41, 5.74) is 3.62. The lowest BCUT2D eigenvalue weighted by molar-refractivity contribution is -0.140. The van der Waals surface area contributed by atoms with Crippen LogP contribution in [-0.4, -0.2) is 36.3 Å². The van der Waals surface area contributed by atoms with Crippen molar-refractivity contribution >= 4 is 11.8 Å². The maximum Gasteiger partial charge on any atom is 0.242 e. The number of amides is 2. The van der Waals surface area contributed by atoms with Crippen molar-refractivity contribution in [2.24, 2.45) is 0 Å². The van der Waals surface area contributed by atoms with Crippen molar-refractivity contribution in [2.75, 3.05) is 13.6 Å². The number of benzene rings is 2. The summed E-state index contributed by atoms with van der Waals surface area (Å²) >= 11 is 0. The van der Waals surface area contributed by atoms with E-state index in [0.29, 0.717) is 25.8 Å².